The number of nitrogen functional groups attached to an aromatic ring is 2. The Bertz CT molecular complexity index is 902. The molecule has 0 aliphatic carbocycles. The Hall–Kier alpha value is -1.71. The SMILES string of the molecule is CC(C)OC[C@H]1O[C@@H](n2c(N)nc3c(N)ccnc32)C[C@H]1OP(C)(=O)OC(C)C. The third-order valence-corrected chi connectivity index (χ3v) is 5.89. The highest BCUT2D eigenvalue weighted by Crippen LogP contribution is 2.50. The minimum atomic E-state index is -3.28. The van der Waals surface area contributed by atoms with Gasteiger partial charge < -0.3 is 30.0 Å². The van der Waals surface area contributed by atoms with Gasteiger partial charge >= 0.3 is 7.60 Å². The van der Waals surface area contributed by atoms with Crippen molar-refractivity contribution in [3.05, 3.63) is 12.3 Å². The van der Waals surface area contributed by atoms with Crippen LogP contribution >= 0.6 is 7.60 Å². The predicted octanol–water partition coefficient (Wildman–Crippen LogP) is 2.94. The Balaban J connectivity index is 1.87. The van der Waals surface area contributed by atoms with Crippen molar-refractivity contribution in [3.8, 4) is 0 Å². The van der Waals surface area contributed by atoms with E-state index in [0.717, 1.165) is 0 Å². The van der Waals surface area contributed by atoms with E-state index in [-0.39, 0.29) is 24.8 Å². The molecule has 1 aliphatic heterocycles. The van der Waals surface area contributed by atoms with Crippen molar-refractivity contribution in [3.63, 3.8) is 0 Å². The first-order valence-corrected chi connectivity index (χ1v) is 11.7. The van der Waals surface area contributed by atoms with Gasteiger partial charge in [-0.25, -0.2) is 9.97 Å². The van der Waals surface area contributed by atoms with Crippen LogP contribution in [0.15, 0.2) is 12.3 Å². The Morgan fingerprint density at radius 3 is 2.69 bits per heavy atom. The molecule has 2 aromatic heterocycles. The zero-order valence-electron chi connectivity index (χ0n) is 17.4. The maximum atomic E-state index is 12.8. The van der Waals surface area contributed by atoms with Gasteiger partial charge in [-0.2, -0.15) is 0 Å². The third kappa shape index (κ3) is 5.07. The van der Waals surface area contributed by atoms with E-state index >= 15 is 0 Å². The van der Waals surface area contributed by atoms with Crippen LogP contribution in [0.25, 0.3) is 11.2 Å². The smallest absolute Gasteiger partial charge is 0.328 e. The van der Waals surface area contributed by atoms with Gasteiger partial charge in [-0.15, -0.1) is 0 Å². The van der Waals surface area contributed by atoms with Crippen molar-refractivity contribution in [2.24, 2.45) is 0 Å². The summed E-state index contributed by atoms with van der Waals surface area (Å²) in [5, 5.41) is 0. The number of nitrogens with zero attached hydrogens (tertiary/aromatic N) is 3. The van der Waals surface area contributed by atoms with Gasteiger partial charge in [0.15, 0.2) is 5.65 Å². The molecule has 0 bridgehead atoms. The molecule has 11 heteroatoms. The number of fused-ring (bicyclic) bond motifs is 1. The summed E-state index contributed by atoms with van der Waals surface area (Å²) in [5.74, 6) is 0.234. The van der Waals surface area contributed by atoms with Gasteiger partial charge in [-0.3, -0.25) is 9.13 Å². The lowest BCUT2D eigenvalue weighted by molar-refractivity contribution is -0.0705. The first-order chi connectivity index (χ1) is 13.6. The summed E-state index contributed by atoms with van der Waals surface area (Å²) in [4.78, 5) is 8.67. The standard InChI is InChI=1S/C18H30N5O5P/c1-10(2)25-9-14-13(28-29(5,24)27-11(3)4)8-15(26-14)23-17-16(22-18(23)20)12(19)6-7-21-17/h6-7,10-11,13-15H,8-9H2,1-5H3,(H2,19,21)(H2,20,22)/t13-,14-,15-,29?/m1/s1. The molecular weight excluding hydrogens is 397 g/mol. The molecule has 3 heterocycles. The maximum Gasteiger partial charge on any atom is 0.328 e. The second-order valence-electron chi connectivity index (χ2n) is 7.73. The number of hydrogen-bond acceptors (Lipinski definition) is 9. The topological polar surface area (TPSA) is 137 Å². The molecule has 3 rings (SSSR count). The molecule has 2 aromatic rings. The fourth-order valence-electron chi connectivity index (χ4n) is 3.37. The van der Waals surface area contributed by atoms with Crippen LogP contribution in [0.3, 0.4) is 0 Å². The number of anilines is 2. The summed E-state index contributed by atoms with van der Waals surface area (Å²) in [7, 11) is -3.28. The molecule has 4 N–H and O–H groups in total. The molecule has 0 spiro atoms. The number of rotatable bonds is 8. The van der Waals surface area contributed by atoms with Gasteiger partial charge in [0.2, 0.25) is 5.95 Å². The van der Waals surface area contributed by atoms with Crippen molar-refractivity contribution in [1.82, 2.24) is 14.5 Å². The quantitative estimate of drug-likeness (QED) is 0.609. The van der Waals surface area contributed by atoms with Gasteiger partial charge in [0.05, 0.1) is 30.6 Å². The largest absolute Gasteiger partial charge is 0.397 e. The van der Waals surface area contributed by atoms with Gasteiger partial charge in [0.25, 0.3) is 0 Å². The van der Waals surface area contributed by atoms with Gasteiger partial charge in [-0.1, -0.05) is 0 Å². The predicted molar refractivity (Wildman–Crippen MR) is 111 cm³/mol. The lowest BCUT2D eigenvalue weighted by Gasteiger charge is -2.24. The third-order valence-electron chi connectivity index (χ3n) is 4.43. The summed E-state index contributed by atoms with van der Waals surface area (Å²) in [6.07, 6.45) is 0.287. The van der Waals surface area contributed by atoms with E-state index in [1.165, 1.54) is 6.66 Å². The van der Waals surface area contributed by atoms with E-state index in [9.17, 15) is 4.57 Å². The van der Waals surface area contributed by atoms with E-state index in [1.54, 1.807) is 30.7 Å². The lowest BCUT2D eigenvalue weighted by Crippen LogP contribution is -2.30. The minimum absolute atomic E-state index is 0.0132. The van der Waals surface area contributed by atoms with Crippen LogP contribution in [0, 0.1) is 0 Å². The average molecular weight is 427 g/mol. The molecule has 0 aromatic carbocycles. The van der Waals surface area contributed by atoms with Crippen LogP contribution in [0.5, 0.6) is 0 Å². The van der Waals surface area contributed by atoms with E-state index in [2.05, 4.69) is 9.97 Å². The number of nitrogens with two attached hydrogens (primary N) is 2. The Labute approximate surface area is 170 Å². The summed E-state index contributed by atoms with van der Waals surface area (Å²) in [6.45, 7) is 9.22. The minimum Gasteiger partial charge on any atom is -0.397 e. The van der Waals surface area contributed by atoms with Gasteiger partial charge in [0.1, 0.15) is 17.8 Å². The molecule has 0 amide bonds. The summed E-state index contributed by atoms with van der Waals surface area (Å²) in [6, 6.07) is 1.66. The molecule has 162 valence electrons. The second kappa shape index (κ2) is 8.57. The molecule has 0 radical (unpaired) electrons. The van der Waals surface area contributed by atoms with Crippen LogP contribution in [-0.4, -0.2) is 52.2 Å². The molecule has 0 saturated carbocycles. The molecule has 1 fully saturated rings. The molecule has 29 heavy (non-hydrogen) atoms. The van der Waals surface area contributed by atoms with Crippen molar-refractivity contribution in [2.45, 2.75) is 64.8 Å². The fourth-order valence-corrected chi connectivity index (χ4v) is 4.90. The monoisotopic (exact) mass is 427 g/mol. The van der Waals surface area contributed by atoms with Crippen molar-refractivity contribution >= 4 is 30.4 Å². The number of ether oxygens (including phenoxy) is 2. The van der Waals surface area contributed by atoms with Crippen molar-refractivity contribution < 1.29 is 23.1 Å². The highest BCUT2D eigenvalue weighted by molar-refractivity contribution is 7.53. The van der Waals surface area contributed by atoms with Crippen LogP contribution in [0.2, 0.25) is 0 Å². The molecule has 4 atom stereocenters. The first-order valence-electron chi connectivity index (χ1n) is 9.66. The Morgan fingerprint density at radius 2 is 2.03 bits per heavy atom. The second-order valence-corrected chi connectivity index (χ2v) is 9.69. The highest BCUT2D eigenvalue weighted by Gasteiger charge is 2.42. The van der Waals surface area contributed by atoms with E-state index in [4.69, 9.17) is 30.0 Å². The highest BCUT2D eigenvalue weighted by atomic mass is 31.2. The zero-order chi connectivity index (χ0) is 21.3. The van der Waals surface area contributed by atoms with Crippen molar-refractivity contribution in [1.29, 1.82) is 0 Å². The van der Waals surface area contributed by atoms with E-state index < -0.39 is 26.0 Å². The fraction of sp³-hybridized carbons (Fsp3) is 0.667. The average Bonchev–Trinajstić information content (AvgIpc) is 3.12. The van der Waals surface area contributed by atoms with Gasteiger partial charge in [-0.05, 0) is 33.8 Å². The molecule has 10 nitrogen and oxygen atoms in total. The van der Waals surface area contributed by atoms with Crippen LogP contribution in [0.1, 0.15) is 40.3 Å². The molecule has 1 saturated heterocycles. The van der Waals surface area contributed by atoms with Crippen LogP contribution in [0.4, 0.5) is 11.6 Å². The van der Waals surface area contributed by atoms with Gasteiger partial charge in [0, 0.05) is 19.3 Å². The van der Waals surface area contributed by atoms with E-state index in [0.29, 0.717) is 23.3 Å². The number of aromatic nitrogens is 3. The first kappa shape index (κ1) is 22.0. The summed E-state index contributed by atoms with van der Waals surface area (Å²) < 4.78 is 37.7. The van der Waals surface area contributed by atoms with Crippen molar-refractivity contribution in [2.75, 3.05) is 24.7 Å². The normalized spacial score (nSPS) is 24.6. The number of pyridine rings is 1. The Morgan fingerprint density at radius 1 is 1.31 bits per heavy atom. The molecule has 1 aliphatic rings. The molecule has 1 unspecified atom stereocenters. The summed E-state index contributed by atoms with van der Waals surface area (Å²) in [5.41, 5.74) is 13.6. The van der Waals surface area contributed by atoms with E-state index in [1.807, 2.05) is 13.8 Å². The maximum absolute atomic E-state index is 12.8. The Kier molecular flexibility index (Phi) is 6.50. The number of imidazole rings is 1. The molecular formula is C18H30N5O5P. The summed E-state index contributed by atoms with van der Waals surface area (Å²) >= 11 is 0. The number of hydrogen-bond donors (Lipinski definition) is 2. The van der Waals surface area contributed by atoms with Crippen LogP contribution in [-0.2, 0) is 23.1 Å². The zero-order valence-corrected chi connectivity index (χ0v) is 18.3. The van der Waals surface area contributed by atoms with Crippen LogP contribution < -0.4 is 11.5 Å². The lowest BCUT2D eigenvalue weighted by atomic mass is 10.2.